The molecule has 0 fully saturated rings. The standard InChI is InChI=1S/C18H19ClFN/c1-18(2)8-7-12-5-3-4-6-16(12)17(18)21-15-10-13(19)9-14(20)11-15/h3-6,9-11,17,21H,7-8H2,1-2H3. The second kappa shape index (κ2) is 5.34. The molecule has 0 aliphatic heterocycles. The van der Waals surface area contributed by atoms with Gasteiger partial charge >= 0.3 is 0 Å². The van der Waals surface area contributed by atoms with E-state index in [1.165, 1.54) is 23.3 Å². The Bertz CT molecular complexity index is 646. The molecule has 1 unspecified atom stereocenters. The molecule has 3 rings (SSSR count). The van der Waals surface area contributed by atoms with E-state index < -0.39 is 0 Å². The Morgan fingerprint density at radius 1 is 1.19 bits per heavy atom. The highest BCUT2D eigenvalue weighted by molar-refractivity contribution is 6.30. The van der Waals surface area contributed by atoms with E-state index in [1.807, 2.05) is 0 Å². The molecule has 1 aliphatic carbocycles. The summed E-state index contributed by atoms with van der Waals surface area (Å²) >= 11 is 5.96. The van der Waals surface area contributed by atoms with E-state index in [2.05, 4.69) is 43.4 Å². The summed E-state index contributed by atoms with van der Waals surface area (Å²) in [4.78, 5) is 0. The summed E-state index contributed by atoms with van der Waals surface area (Å²) < 4.78 is 13.5. The van der Waals surface area contributed by atoms with Gasteiger partial charge < -0.3 is 5.32 Å². The Labute approximate surface area is 130 Å². The number of hydrogen-bond donors (Lipinski definition) is 1. The molecule has 21 heavy (non-hydrogen) atoms. The molecule has 1 nitrogen and oxygen atoms in total. The topological polar surface area (TPSA) is 12.0 Å². The van der Waals surface area contributed by atoms with Crippen LogP contribution in [-0.4, -0.2) is 0 Å². The molecular weight excluding hydrogens is 285 g/mol. The van der Waals surface area contributed by atoms with Crippen LogP contribution < -0.4 is 5.32 Å². The van der Waals surface area contributed by atoms with Gasteiger partial charge in [-0.15, -0.1) is 0 Å². The molecule has 0 amide bonds. The van der Waals surface area contributed by atoms with Crippen molar-refractivity contribution in [2.75, 3.05) is 5.32 Å². The molecule has 3 heteroatoms. The van der Waals surface area contributed by atoms with Gasteiger partial charge in [-0.3, -0.25) is 0 Å². The third-order valence-electron chi connectivity index (χ3n) is 4.36. The Morgan fingerprint density at radius 3 is 2.71 bits per heavy atom. The number of halogens is 2. The maximum Gasteiger partial charge on any atom is 0.126 e. The molecule has 0 heterocycles. The first kappa shape index (κ1) is 14.4. The van der Waals surface area contributed by atoms with Crippen molar-refractivity contribution in [3.8, 4) is 0 Å². The average molecular weight is 304 g/mol. The summed E-state index contributed by atoms with van der Waals surface area (Å²) in [6.07, 6.45) is 2.19. The summed E-state index contributed by atoms with van der Waals surface area (Å²) in [6.45, 7) is 4.50. The monoisotopic (exact) mass is 303 g/mol. The molecule has 0 aromatic heterocycles. The van der Waals surface area contributed by atoms with Crippen molar-refractivity contribution in [2.24, 2.45) is 5.41 Å². The van der Waals surface area contributed by atoms with Gasteiger partial charge in [-0.05, 0) is 47.6 Å². The minimum atomic E-state index is -0.313. The highest BCUT2D eigenvalue weighted by atomic mass is 35.5. The van der Waals surface area contributed by atoms with E-state index in [4.69, 9.17) is 11.6 Å². The molecule has 1 aliphatic rings. The number of rotatable bonds is 2. The fourth-order valence-corrected chi connectivity index (χ4v) is 3.36. The maximum atomic E-state index is 13.5. The zero-order chi connectivity index (χ0) is 15.0. The van der Waals surface area contributed by atoms with Crippen LogP contribution >= 0.6 is 11.6 Å². The lowest BCUT2D eigenvalue weighted by molar-refractivity contribution is 0.265. The van der Waals surface area contributed by atoms with Gasteiger partial charge in [-0.25, -0.2) is 4.39 Å². The van der Waals surface area contributed by atoms with E-state index in [0.29, 0.717) is 5.02 Å². The van der Waals surface area contributed by atoms with Gasteiger partial charge in [0.2, 0.25) is 0 Å². The fourth-order valence-electron chi connectivity index (χ4n) is 3.14. The first-order valence-electron chi connectivity index (χ1n) is 7.26. The highest BCUT2D eigenvalue weighted by Gasteiger charge is 2.35. The second-order valence-corrected chi connectivity index (χ2v) is 6.86. The third kappa shape index (κ3) is 2.91. The van der Waals surface area contributed by atoms with E-state index in [9.17, 15) is 4.39 Å². The van der Waals surface area contributed by atoms with Crippen LogP contribution in [0.1, 0.15) is 37.4 Å². The number of nitrogens with one attached hydrogen (secondary N) is 1. The van der Waals surface area contributed by atoms with Crippen LogP contribution in [-0.2, 0) is 6.42 Å². The predicted molar refractivity (Wildman–Crippen MR) is 86.3 cm³/mol. The van der Waals surface area contributed by atoms with Crippen LogP contribution in [0, 0.1) is 11.2 Å². The van der Waals surface area contributed by atoms with Crippen molar-refractivity contribution in [3.63, 3.8) is 0 Å². The molecule has 1 N–H and O–H groups in total. The fraction of sp³-hybridized carbons (Fsp3) is 0.333. The minimum absolute atomic E-state index is 0.104. The van der Waals surface area contributed by atoms with Crippen molar-refractivity contribution < 1.29 is 4.39 Å². The Kier molecular flexibility index (Phi) is 3.66. The molecule has 0 spiro atoms. The zero-order valence-corrected chi connectivity index (χ0v) is 13.0. The molecule has 0 bridgehead atoms. The van der Waals surface area contributed by atoms with Crippen LogP contribution in [0.4, 0.5) is 10.1 Å². The zero-order valence-electron chi connectivity index (χ0n) is 12.3. The molecule has 2 aromatic rings. The molecule has 1 atom stereocenters. The first-order chi connectivity index (χ1) is 9.95. The lowest BCUT2D eigenvalue weighted by Gasteiger charge is -2.41. The highest BCUT2D eigenvalue weighted by Crippen LogP contribution is 2.45. The normalized spacial score (nSPS) is 19.9. The summed E-state index contributed by atoms with van der Waals surface area (Å²) in [7, 11) is 0. The number of fused-ring (bicyclic) bond motifs is 1. The largest absolute Gasteiger partial charge is 0.378 e. The summed E-state index contributed by atoms with van der Waals surface area (Å²) in [5, 5.41) is 3.90. The van der Waals surface area contributed by atoms with E-state index in [-0.39, 0.29) is 17.3 Å². The third-order valence-corrected chi connectivity index (χ3v) is 4.58. The number of benzene rings is 2. The quantitative estimate of drug-likeness (QED) is 0.761. The second-order valence-electron chi connectivity index (χ2n) is 6.42. The lowest BCUT2D eigenvalue weighted by atomic mass is 9.70. The van der Waals surface area contributed by atoms with Crippen LogP contribution in [0.3, 0.4) is 0 Å². The smallest absolute Gasteiger partial charge is 0.126 e. The van der Waals surface area contributed by atoms with Crippen molar-refractivity contribution in [1.82, 2.24) is 0 Å². The Morgan fingerprint density at radius 2 is 1.95 bits per heavy atom. The summed E-state index contributed by atoms with van der Waals surface area (Å²) in [6, 6.07) is 13.2. The van der Waals surface area contributed by atoms with Gasteiger partial charge in [0, 0.05) is 10.7 Å². The Balaban J connectivity index is 1.99. The lowest BCUT2D eigenvalue weighted by Crippen LogP contribution is -2.33. The number of anilines is 1. The number of aryl methyl sites for hydroxylation is 1. The van der Waals surface area contributed by atoms with Crippen LogP contribution in [0.25, 0.3) is 0 Å². The molecule has 0 radical (unpaired) electrons. The Hall–Kier alpha value is -1.54. The SMILES string of the molecule is CC1(C)CCc2ccccc2C1Nc1cc(F)cc(Cl)c1. The molecule has 0 saturated heterocycles. The van der Waals surface area contributed by atoms with Gasteiger partial charge in [0.05, 0.1) is 6.04 Å². The number of hydrogen-bond acceptors (Lipinski definition) is 1. The van der Waals surface area contributed by atoms with Gasteiger partial charge in [-0.1, -0.05) is 49.7 Å². The minimum Gasteiger partial charge on any atom is -0.378 e. The first-order valence-corrected chi connectivity index (χ1v) is 7.64. The predicted octanol–water partition coefficient (Wildman–Crippen LogP) is 5.60. The van der Waals surface area contributed by atoms with Gasteiger partial charge in [0.15, 0.2) is 0 Å². The van der Waals surface area contributed by atoms with Gasteiger partial charge in [0.1, 0.15) is 5.82 Å². The average Bonchev–Trinajstić information content (AvgIpc) is 2.41. The van der Waals surface area contributed by atoms with E-state index in [0.717, 1.165) is 18.5 Å². The van der Waals surface area contributed by atoms with Gasteiger partial charge in [-0.2, -0.15) is 0 Å². The summed E-state index contributed by atoms with van der Waals surface area (Å²) in [5.41, 5.74) is 3.51. The summed E-state index contributed by atoms with van der Waals surface area (Å²) in [5.74, 6) is -0.313. The van der Waals surface area contributed by atoms with Crippen molar-refractivity contribution >= 4 is 17.3 Å². The van der Waals surface area contributed by atoms with E-state index >= 15 is 0 Å². The molecule has 0 saturated carbocycles. The van der Waals surface area contributed by atoms with Crippen molar-refractivity contribution in [3.05, 3.63) is 64.4 Å². The molecular formula is C18H19ClFN. The van der Waals surface area contributed by atoms with Crippen LogP contribution in [0.15, 0.2) is 42.5 Å². The maximum absolute atomic E-state index is 13.5. The van der Waals surface area contributed by atoms with Gasteiger partial charge in [0.25, 0.3) is 0 Å². The van der Waals surface area contributed by atoms with Crippen LogP contribution in [0.5, 0.6) is 0 Å². The molecule has 2 aromatic carbocycles. The van der Waals surface area contributed by atoms with E-state index in [1.54, 1.807) is 6.07 Å². The van der Waals surface area contributed by atoms with Crippen molar-refractivity contribution in [2.45, 2.75) is 32.7 Å². The van der Waals surface area contributed by atoms with Crippen molar-refractivity contribution in [1.29, 1.82) is 0 Å². The molecule has 110 valence electrons. The van der Waals surface area contributed by atoms with Crippen LogP contribution in [0.2, 0.25) is 5.02 Å².